The van der Waals surface area contributed by atoms with E-state index in [2.05, 4.69) is 32.0 Å². The highest BCUT2D eigenvalue weighted by Crippen LogP contribution is 2.35. The number of hydrogen-bond donors (Lipinski definition) is 2. The predicted molar refractivity (Wildman–Crippen MR) is 79.3 cm³/mol. The van der Waals surface area contributed by atoms with Gasteiger partial charge in [0.05, 0.1) is 11.6 Å². The molecule has 0 aliphatic rings. The number of aryl methyl sites for hydroxylation is 2. The van der Waals surface area contributed by atoms with Crippen LogP contribution in [0.5, 0.6) is 11.6 Å². The molecule has 0 aliphatic heterocycles. The molecule has 0 spiro atoms. The van der Waals surface area contributed by atoms with Gasteiger partial charge < -0.3 is 16.2 Å². The highest BCUT2D eigenvalue weighted by atomic mass is 79.9. The first-order valence-corrected chi connectivity index (χ1v) is 6.49. The Bertz CT molecular complexity index is 700. The molecular weight excluding hydrogens is 322 g/mol. The summed E-state index contributed by atoms with van der Waals surface area (Å²) >= 11 is 3.27. The highest BCUT2D eigenvalue weighted by molar-refractivity contribution is 9.10. The summed E-state index contributed by atoms with van der Waals surface area (Å²) in [6.45, 7) is 3.70. The second-order valence-electron chi connectivity index (χ2n) is 4.24. The van der Waals surface area contributed by atoms with Crippen molar-refractivity contribution in [3.63, 3.8) is 0 Å². The van der Waals surface area contributed by atoms with Crippen LogP contribution >= 0.6 is 15.9 Å². The summed E-state index contributed by atoms with van der Waals surface area (Å²) in [5.41, 5.74) is 13.5. The molecule has 6 nitrogen and oxygen atoms in total. The highest BCUT2D eigenvalue weighted by Gasteiger charge is 2.14. The van der Waals surface area contributed by atoms with Gasteiger partial charge >= 0.3 is 0 Å². The fourth-order valence-corrected chi connectivity index (χ4v) is 2.06. The van der Waals surface area contributed by atoms with Crippen molar-refractivity contribution in [2.45, 2.75) is 13.8 Å². The standard InChI is InChI=1S/C13H12BrN5O/c1-6-3-8(5-15)4-7(2)10(6)20-12-9(14)11(16)18-13(17)19-12/h3-4H,1-2H3,(H4,16,17,18,19). The van der Waals surface area contributed by atoms with Crippen molar-refractivity contribution < 1.29 is 4.74 Å². The molecule has 20 heavy (non-hydrogen) atoms. The van der Waals surface area contributed by atoms with Gasteiger partial charge in [-0.15, -0.1) is 0 Å². The smallest absolute Gasteiger partial charge is 0.240 e. The number of nitrogens with two attached hydrogens (primary N) is 2. The predicted octanol–water partition coefficient (Wildman–Crippen LogP) is 2.68. The zero-order valence-electron chi connectivity index (χ0n) is 10.9. The summed E-state index contributed by atoms with van der Waals surface area (Å²) in [6, 6.07) is 5.58. The zero-order valence-corrected chi connectivity index (χ0v) is 12.5. The fourth-order valence-electron chi connectivity index (χ4n) is 1.80. The van der Waals surface area contributed by atoms with Gasteiger partial charge in [0, 0.05) is 0 Å². The van der Waals surface area contributed by atoms with E-state index in [4.69, 9.17) is 21.5 Å². The van der Waals surface area contributed by atoms with Crippen molar-refractivity contribution in [2.75, 3.05) is 11.5 Å². The number of rotatable bonds is 2. The topological polar surface area (TPSA) is 111 Å². The minimum Gasteiger partial charge on any atom is -0.437 e. The molecule has 2 aromatic rings. The summed E-state index contributed by atoms with van der Waals surface area (Å²) in [7, 11) is 0. The van der Waals surface area contributed by atoms with Gasteiger partial charge in [-0.25, -0.2) is 0 Å². The molecule has 0 fully saturated rings. The second-order valence-corrected chi connectivity index (χ2v) is 5.03. The van der Waals surface area contributed by atoms with E-state index < -0.39 is 0 Å². The lowest BCUT2D eigenvalue weighted by Gasteiger charge is -2.13. The fraction of sp³-hybridized carbons (Fsp3) is 0.154. The normalized spacial score (nSPS) is 10.1. The first-order valence-electron chi connectivity index (χ1n) is 5.70. The quantitative estimate of drug-likeness (QED) is 0.873. The molecule has 0 atom stereocenters. The number of anilines is 2. The van der Waals surface area contributed by atoms with E-state index in [9.17, 15) is 0 Å². The van der Waals surface area contributed by atoms with Gasteiger partial charge in [0.25, 0.3) is 0 Å². The number of nitrogens with zero attached hydrogens (tertiary/aromatic N) is 3. The van der Waals surface area contributed by atoms with E-state index in [1.165, 1.54) is 0 Å². The van der Waals surface area contributed by atoms with Crippen LogP contribution in [0.2, 0.25) is 0 Å². The molecule has 1 heterocycles. The third-order valence-corrected chi connectivity index (χ3v) is 3.40. The molecule has 0 saturated carbocycles. The molecular formula is C13H12BrN5O. The van der Waals surface area contributed by atoms with E-state index in [0.717, 1.165) is 11.1 Å². The average Bonchev–Trinajstić information content (AvgIpc) is 2.38. The molecule has 0 radical (unpaired) electrons. The molecule has 0 amide bonds. The van der Waals surface area contributed by atoms with Crippen LogP contribution in [0.25, 0.3) is 0 Å². The average molecular weight is 334 g/mol. The summed E-state index contributed by atoms with van der Waals surface area (Å²) in [5.74, 6) is 1.09. The Morgan fingerprint density at radius 3 is 2.35 bits per heavy atom. The number of ether oxygens (including phenoxy) is 1. The molecule has 2 rings (SSSR count). The summed E-state index contributed by atoms with van der Waals surface area (Å²) in [4.78, 5) is 7.83. The minimum atomic E-state index is 0.0321. The maximum atomic E-state index is 8.93. The van der Waals surface area contributed by atoms with Crippen LogP contribution in [0, 0.1) is 25.2 Å². The van der Waals surface area contributed by atoms with Crippen LogP contribution in [-0.2, 0) is 0 Å². The number of halogens is 1. The van der Waals surface area contributed by atoms with Crippen LogP contribution in [0.3, 0.4) is 0 Å². The molecule has 4 N–H and O–H groups in total. The maximum Gasteiger partial charge on any atom is 0.240 e. The summed E-state index contributed by atoms with van der Waals surface area (Å²) < 4.78 is 6.20. The molecule has 0 unspecified atom stereocenters. The maximum absolute atomic E-state index is 8.93. The van der Waals surface area contributed by atoms with E-state index in [0.29, 0.717) is 15.8 Å². The van der Waals surface area contributed by atoms with Gasteiger partial charge in [0.2, 0.25) is 11.8 Å². The molecule has 0 aliphatic carbocycles. The van der Waals surface area contributed by atoms with Crippen LogP contribution in [0.4, 0.5) is 11.8 Å². The Morgan fingerprint density at radius 1 is 1.20 bits per heavy atom. The van der Waals surface area contributed by atoms with Crippen LogP contribution < -0.4 is 16.2 Å². The van der Waals surface area contributed by atoms with Gasteiger partial charge in [-0.1, -0.05) is 0 Å². The Kier molecular flexibility index (Phi) is 3.77. The van der Waals surface area contributed by atoms with E-state index >= 15 is 0 Å². The molecule has 7 heteroatoms. The number of nitriles is 1. The first-order chi connectivity index (χ1) is 9.42. The van der Waals surface area contributed by atoms with Crippen molar-refractivity contribution >= 4 is 27.7 Å². The number of nitrogen functional groups attached to an aromatic ring is 2. The molecule has 0 bridgehead atoms. The van der Waals surface area contributed by atoms with Crippen molar-refractivity contribution in [1.82, 2.24) is 9.97 Å². The third kappa shape index (κ3) is 2.65. The lowest BCUT2D eigenvalue weighted by molar-refractivity contribution is 0.453. The van der Waals surface area contributed by atoms with Crippen molar-refractivity contribution in [2.24, 2.45) is 0 Å². The van der Waals surface area contributed by atoms with Gasteiger partial charge in [0.1, 0.15) is 16.0 Å². The lowest BCUT2D eigenvalue weighted by atomic mass is 10.1. The zero-order chi connectivity index (χ0) is 14.9. The van der Waals surface area contributed by atoms with Crippen molar-refractivity contribution in [3.05, 3.63) is 33.3 Å². The minimum absolute atomic E-state index is 0.0321. The Hall–Kier alpha value is -2.33. The van der Waals surface area contributed by atoms with Gasteiger partial charge in [-0.05, 0) is 53.0 Å². The first kappa shape index (κ1) is 14.1. The Labute approximate surface area is 124 Å². The third-order valence-electron chi connectivity index (χ3n) is 2.65. The molecule has 1 aromatic carbocycles. The second kappa shape index (κ2) is 5.35. The van der Waals surface area contributed by atoms with Crippen LogP contribution in [0.15, 0.2) is 16.6 Å². The van der Waals surface area contributed by atoms with Gasteiger partial charge in [-0.3, -0.25) is 0 Å². The molecule has 102 valence electrons. The van der Waals surface area contributed by atoms with E-state index in [1.807, 2.05) is 13.8 Å². The monoisotopic (exact) mass is 333 g/mol. The van der Waals surface area contributed by atoms with E-state index in [1.54, 1.807) is 12.1 Å². The molecule has 1 aromatic heterocycles. The summed E-state index contributed by atoms with van der Waals surface area (Å²) in [5, 5.41) is 8.93. The van der Waals surface area contributed by atoms with Gasteiger partial charge in [-0.2, -0.15) is 15.2 Å². The van der Waals surface area contributed by atoms with Crippen molar-refractivity contribution in [3.8, 4) is 17.7 Å². The van der Waals surface area contributed by atoms with Crippen LogP contribution in [0.1, 0.15) is 16.7 Å². The van der Waals surface area contributed by atoms with Crippen LogP contribution in [-0.4, -0.2) is 9.97 Å². The Morgan fingerprint density at radius 2 is 1.80 bits per heavy atom. The van der Waals surface area contributed by atoms with E-state index in [-0.39, 0.29) is 17.6 Å². The number of benzene rings is 1. The largest absolute Gasteiger partial charge is 0.437 e. The van der Waals surface area contributed by atoms with Gasteiger partial charge in [0.15, 0.2) is 0 Å². The van der Waals surface area contributed by atoms with Crippen molar-refractivity contribution in [1.29, 1.82) is 5.26 Å². The number of aromatic nitrogens is 2. The summed E-state index contributed by atoms with van der Waals surface area (Å²) in [6.07, 6.45) is 0. The SMILES string of the molecule is Cc1cc(C#N)cc(C)c1Oc1nc(N)nc(N)c1Br. The number of hydrogen-bond acceptors (Lipinski definition) is 6. The lowest BCUT2D eigenvalue weighted by Crippen LogP contribution is -2.03. The Balaban J connectivity index is 2.49. The molecule has 0 saturated heterocycles.